The van der Waals surface area contributed by atoms with E-state index >= 15 is 0 Å². The predicted octanol–water partition coefficient (Wildman–Crippen LogP) is 2.52. The number of nitrogens with one attached hydrogen (secondary N) is 2. The number of amides is 2. The molecular formula is C14H21ClN2O4. The van der Waals surface area contributed by atoms with E-state index in [4.69, 9.17) is 25.8 Å². The minimum atomic E-state index is -0.315. The molecular weight excluding hydrogens is 296 g/mol. The van der Waals surface area contributed by atoms with Crippen LogP contribution in [0.15, 0.2) is 18.2 Å². The van der Waals surface area contributed by atoms with E-state index in [9.17, 15) is 4.79 Å². The Labute approximate surface area is 129 Å². The molecule has 0 aromatic heterocycles. The lowest BCUT2D eigenvalue weighted by atomic mass is 10.3. The number of carbonyl (C=O) groups is 1. The van der Waals surface area contributed by atoms with Gasteiger partial charge in [0, 0.05) is 27.4 Å². The molecule has 1 rings (SSSR count). The fourth-order valence-electron chi connectivity index (χ4n) is 1.57. The molecule has 0 aliphatic carbocycles. The van der Waals surface area contributed by atoms with E-state index in [-0.39, 0.29) is 6.03 Å². The van der Waals surface area contributed by atoms with Gasteiger partial charge >= 0.3 is 6.03 Å². The second kappa shape index (κ2) is 10.3. The molecule has 2 amide bonds. The van der Waals surface area contributed by atoms with Gasteiger partial charge in [0.15, 0.2) is 5.75 Å². The average molecular weight is 317 g/mol. The third kappa shape index (κ3) is 6.66. The predicted molar refractivity (Wildman–Crippen MR) is 82.3 cm³/mol. The number of para-hydroxylation sites is 1. The van der Waals surface area contributed by atoms with Gasteiger partial charge in [-0.3, -0.25) is 0 Å². The Bertz CT molecular complexity index is 443. The summed E-state index contributed by atoms with van der Waals surface area (Å²) in [6, 6.07) is 4.85. The second-order valence-corrected chi connectivity index (χ2v) is 4.59. The molecule has 0 atom stereocenters. The van der Waals surface area contributed by atoms with Gasteiger partial charge < -0.3 is 24.8 Å². The quantitative estimate of drug-likeness (QED) is 0.687. The summed E-state index contributed by atoms with van der Waals surface area (Å²) in [6.07, 6.45) is 0.747. The zero-order chi connectivity index (χ0) is 15.5. The summed E-state index contributed by atoms with van der Waals surface area (Å²) in [7, 11) is 3.21. The molecule has 0 fully saturated rings. The van der Waals surface area contributed by atoms with Crippen molar-refractivity contribution in [3.63, 3.8) is 0 Å². The molecule has 1 aromatic carbocycles. The number of halogens is 1. The normalized spacial score (nSPS) is 10.2. The smallest absolute Gasteiger partial charge is 0.319 e. The first kappa shape index (κ1) is 17.6. The van der Waals surface area contributed by atoms with Gasteiger partial charge in [-0.05, 0) is 18.6 Å². The monoisotopic (exact) mass is 316 g/mol. The van der Waals surface area contributed by atoms with Crippen molar-refractivity contribution in [1.82, 2.24) is 5.32 Å². The Morgan fingerprint density at radius 2 is 1.95 bits per heavy atom. The van der Waals surface area contributed by atoms with E-state index in [1.54, 1.807) is 32.4 Å². The van der Waals surface area contributed by atoms with Crippen molar-refractivity contribution in [3.05, 3.63) is 23.2 Å². The van der Waals surface area contributed by atoms with E-state index in [0.717, 1.165) is 6.42 Å². The molecule has 1 aromatic rings. The maximum absolute atomic E-state index is 11.8. The van der Waals surface area contributed by atoms with Crippen molar-refractivity contribution in [2.24, 2.45) is 0 Å². The summed E-state index contributed by atoms with van der Waals surface area (Å²) in [5.41, 5.74) is 0.517. The molecule has 6 nitrogen and oxygen atoms in total. The number of rotatable bonds is 9. The molecule has 0 radical (unpaired) electrons. The van der Waals surface area contributed by atoms with Crippen LogP contribution in [0.1, 0.15) is 6.42 Å². The second-order valence-electron chi connectivity index (χ2n) is 4.19. The number of benzene rings is 1. The largest absolute Gasteiger partial charge is 0.487 e. The summed E-state index contributed by atoms with van der Waals surface area (Å²) < 4.78 is 15.4. The van der Waals surface area contributed by atoms with Crippen LogP contribution in [-0.4, -0.2) is 46.6 Å². The van der Waals surface area contributed by atoms with Crippen LogP contribution >= 0.6 is 11.6 Å². The summed E-state index contributed by atoms with van der Waals surface area (Å²) in [6.45, 7) is 1.92. The first-order valence-electron chi connectivity index (χ1n) is 6.63. The molecule has 21 heavy (non-hydrogen) atoms. The average Bonchev–Trinajstić information content (AvgIpc) is 2.46. The number of hydrogen-bond donors (Lipinski definition) is 2. The van der Waals surface area contributed by atoms with Crippen LogP contribution < -0.4 is 15.4 Å². The van der Waals surface area contributed by atoms with E-state index in [1.165, 1.54) is 0 Å². The van der Waals surface area contributed by atoms with Crippen molar-refractivity contribution in [2.75, 3.05) is 45.9 Å². The zero-order valence-electron chi connectivity index (χ0n) is 12.3. The third-order valence-corrected chi connectivity index (χ3v) is 2.86. The molecule has 0 saturated carbocycles. The lowest BCUT2D eigenvalue weighted by Crippen LogP contribution is -2.30. The van der Waals surface area contributed by atoms with Crippen molar-refractivity contribution in [2.45, 2.75) is 6.42 Å². The molecule has 7 heteroatoms. The van der Waals surface area contributed by atoms with Crippen LogP contribution in [0, 0.1) is 0 Å². The van der Waals surface area contributed by atoms with E-state index < -0.39 is 0 Å². The summed E-state index contributed by atoms with van der Waals surface area (Å²) in [4.78, 5) is 11.8. The van der Waals surface area contributed by atoms with Crippen molar-refractivity contribution < 1.29 is 19.0 Å². The molecule has 0 heterocycles. The Hall–Kier alpha value is -1.50. The van der Waals surface area contributed by atoms with Gasteiger partial charge in [0.2, 0.25) is 0 Å². The first-order valence-corrected chi connectivity index (χ1v) is 7.01. The Kier molecular flexibility index (Phi) is 8.57. The summed E-state index contributed by atoms with van der Waals surface area (Å²) in [5.74, 6) is 0.434. The van der Waals surface area contributed by atoms with Gasteiger partial charge in [-0.2, -0.15) is 0 Å². The zero-order valence-corrected chi connectivity index (χ0v) is 13.0. The number of hydrogen-bond acceptors (Lipinski definition) is 4. The highest BCUT2D eigenvalue weighted by molar-refractivity contribution is 6.32. The van der Waals surface area contributed by atoms with Crippen LogP contribution in [0.5, 0.6) is 5.75 Å². The van der Waals surface area contributed by atoms with E-state index in [1.807, 2.05) is 0 Å². The summed E-state index contributed by atoms with van der Waals surface area (Å²) in [5, 5.41) is 5.87. The number of anilines is 1. The Morgan fingerprint density at radius 1 is 1.19 bits per heavy atom. The third-order valence-electron chi connectivity index (χ3n) is 2.56. The topological polar surface area (TPSA) is 68.8 Å². The van der Waals surface area contributed by atoms with Gasteiger partial charge in [0.1, 0.15) is 6.61 Å². The van der Waals surface area contributed by atoms with Crippen LogP contribution in [0.3, 0.4) is 0 Å². The minimum absolute atomic E-state index is 0.315. The van der Waals surface area contributed by atoms with Crippen LogP contribution in [0.2, 0.25) is 5.02 Å². The number of ether oxygens (including phenoxy) is 3. The SMILES string of the molecule is COCCCNC(=O)Nc1cccc(Cl)c1OCCOC. The van der Waals surface area contributed by atoms with Crippen LogP contribution in [0.25, 0.3) is 0 Å². The number of carbonyl (C=O) groups excluding carboxylic acids is 1. The molecule has 0 aliphatic rings. The molecule has 0 unspecified atom stereocenters. The van der Waals surface area contributed by atoms with Gasteiger partial charge in [-0.25, -0.2) is 4.79 Å². The fraction of sp³-hybridized carbons (Fsp3) is 0.500. The van der Waals surface area contributed by atoms with Crippen molar-refractivity contribution >= 4 is 23.3 Å². The maximum Gasteiger partial charge on any atom is 0.319 e. The van der Waals surface area contributed by atoms with Gasteiger partial charge in [-0.15, -0.1) is 0 Å². The molecule has 0 aliphatic heterocycles. The summed E-state index contributed by atoms with van der Waals surface area (Å²) >= 11 is 6.08. The van der Waals surface area contributed by atoms with E-state index in [0.29, 0.717) is 42.8 Å². The number of urea groups is 1. The highest BCUT2D eigenvalue weighted by Crippen LogP contribution is 2.32. The van der Waals surface area contributed by atoms with Gasteiger partial charge in [0.25, 0.3) is 0 Å². The Morgan fingerprint density at radius 3 is 2.67 bits per heavy atom. The van der Waals surface area contributed by atoms with Gasteiger partial charge in [-0.1, -0.05) is 17.7 Å². The molecule has 2 N–H and O–H groups in total. The van der Waals surface area contributed by atoms with Crippen LogP contribution in [-0.2, 0) is 9.47 Å². The van der Waals surface area contributed by atoms with Gasteiger partial charge in [0.05, 0.1) is 17.3 Å². The number of methoxy groups -OCH3 is 2. The fourth-order valence-corrected chi connectivity index (χ4v) is 1.80. The van der Waals surface area contributed by atoms with Crippen molar-refractivity contribution in [3.8, 4) is 5.75 Å². The maximum atomic E-state index is 11.8. The van der Waals surface area contributed by atoms with E-state index in [2.05, 4.69) is 10.6 Å². The molecule has 0 spiro atoms. The highest BCUT2D eigenvalue weighted by atomic mass is 35.5. The Balaban J connectivity index is 2.56. The first-order chi connectivity index (χ1) is 10.2. The minimum Gasteiger partial charge on any atom is -0.487 e. The standard InChI is InChI=1S/C14H21ClN2O4/c1-19-8-4-7-16-14(18)17-12-6-3-5-11(15)13(12)21-10-9-20-2/h3,5-6H,4,7-10H2,1-2H3,(H2,16,17,18). The van der Waals surface area contributed by atoms with Crippen LogP contribution in [0.4, 0.5) is 10.5 Å². The van der Waals surface area contributed by atoms with Crippen molar-refractivity contribution in [1.29, 1.82) is 0 Å². The molecule has 0 bridgehead atoms. The lowest BCUT2D eigenvalue weighted by Gasteiger charge is -2.14. The molecule has 0 saturated heterocycles. The lowest BCUT2D eigenvalue weighted by molar-refractivity contribution is 0.146. The highest BCUT2D eigenvalue weighted by Gasteiger charge is 2.11. The molecule has 118 valence electrons.